The van der Waals surface area contributed by atoms with E-state index in [1.807, 2.05) is 0 Å². The molecule has 0 radical (unpaired) electrons. The highest BCUT2D eigenvalue weighted by Crippen LogP contribution is 2.52. The van der Waals surface area contributed by atoms with Gasteiger partial charge in [0.25, 0.3) is 0 Å². The van der Waals surface area contributed by atoms with Crippen molar-refractivity contribution < 1.29 is 62.0 Å². The molecule has 0 spiro atoms. The number of alkyl halides is 10. The van der Waals surface area contributed by atoms with Gasteiger partial charge in [-0.05, 0) is 0 Å². The molecule has 0 saturated heterocycles. The van der Waals surface area contributed by atoms with Gasteiger partial charge in [0.15, 0.2) is 0 Å². The predicted octanol–water partition coefficient (Wildman–Crippen LogP) is 4.17. The normalized spacial score (nSPS) is 15.2. The number of rotatable bonds is 7. The zero-order chi connectivity index (χ0) is 18.0. The highest BCUT2D eigenvalue weighted by Gasteiger charge is 2.60. The largest absolute Gasteiger partial charge is 0.474 e. The Labute approximate surface area is 115 Å². The summed E-state index contributed by atoms with van der Waals surface area (Å²) in [6, 6.07) is 0. The van der Waals surface area contributed by atoms with Crippen molar-refractivity contribution in [2.24, 2.45) is 0 Å². The van der Waals surface area contributed by atoms with Gasteiger partial charge in [-0.1, -0.05) is 0 Å². The molecule has 0 aliphatic rings. The van der Waals surface area contributed by atoms with Crippen LogP contribution < -0.4 is 0 Å². The van der Waals surface area contributed by atoms with Crippen LogP contribution in [0.25, 0.3) is 0 Å². The number of phosphoric ester groups is 1. The first-order chi connectivity index (χ1) is 9.47. The Kier molecular flexibility index (Phi) is 6.32. The lowest BCUT2D eigenvalue weighted by molar-refractivity contribution is -0.295. The number of halogens is 10. The Morgan fingerprint density at radius 2 is 1.00 bits per heavy atom. The van der Waals surface area contributed by atoms with E-state index in [9.17, 15) is 48.5 Å². The summed E-state index contributed by atoms with van der Waals surface area (Å²) in [4.78, 5) is 0. The van der Waals surface area contributed by atoms with Gasteiger partial charge in [-0.3, -0.25) is 13.6 Å². The van der Waals surface area contributed by atoms with E-state index >= 15 is 0 Å². The second-order valence-corrected chi connectivity index (χ2v) is 5.36. The van der Waals surface area contributed by atoms with Gasteiger partial charge in [0.1, 0.15) is 13.2 Å². The van der Waals surface area contributed by atoms with Crippen molar-refractivity contribution in [3.8, 4) is 0 Å². The fourth-order valence-electron chi connectivity index (χ4n) is 0.627. The Balaban J connectivity index is 4.86. The summed E-state index contributed by atoms with van der Waals surface area (Å²) in [5, 5.41) is 0. The smallest absolute Gasteiger partial charge is 0.290 e. The molecule has 0 aromatic heterocycles. The van der Waals surface area contributed by atoms with E-state index in [1.54, 1.807) is 0 Å². The van der Waals surface area contributed by atoms with Crippen molar-refractivity contribution in [1.82, 2.24) is 0 Å². The molecule has 0 unspecified atom stereocenters. The first-order valence-electron chi connectivity index (χ1n) is 4.81. The molecule has 22 heavy (non-hydrogen) atoms. The zero-order valence-corrected chi connectivity index (χ0v) is 11.2. The van der Waals surface area contributed by atoms with Crippen LogP contribution in [-0.4, -0.2) is 44.5 Å². The molecule has 0 amide bonds. The first-order valence-corrected chi connectivity index (χ1v) is 6.27. The molecular weight excluding hydrogens is 369 g/mol. The van der Waals surface area contributed by atoms with Gasteiger partial charge in [-0.2, -0.15) is 43.9 Å². The van der Waals surface area contributed by atoms with Crippen LogP contribution in [0.3, 0.4) is 0 Å². The van der Waals surface area contributed by atoms with Crippen LogP contribution >= 0.6 is 7.82 Å². The van der Waals surface area contributed by atoms with Crippen molar-refractivity contribution >= 4 is 7.82 Å². The zero-order valence-electron chi connectivity index (χ0n) is 10.3. The van der Waals surface area contributed by atoms with E-state index < -0.39 is 45.2 Å². The van der Waals surface area contributed by atoms with E-state index in [4.69, 9.17) is 0 Å². The third kappa shape index (κ3) is 5.56. The molecule has 0 atom stereocenters. The average Bonchev–Trinajstić information content (AvgIpc) is 2.31. The minimum atomic E-state index is -6.14. The average molecular weight is 376 g/mol. The van der Waals surface area contributed by atoms with Crippen LogP contribution in [0.2, 0.25) is 0 Å². The van der Waals surface area contributed by atoms with Crippen LogP contribution in [0.15, 0.2) is 0 Å². The van der Waals surface area contributed by atoms with Crippen molar-refractivity contribution in [1.29, 1.82) is 0 Å². The Morgan fingerprint density at radius 1 is 0.727 bits per heavy atom. The Hall–Kier alpha value is -0.590. The maximum Gasteiger partial charge on any atom is 0.474 e. The molecule has 0 aromatic carbocycles. The van der Waals surface area contributed by atoms with E-state index in [1.165, 1.54) is 0 Å². The highest BCUT2D eigenvalue weighted by atomic mass is 31.2. The molecule has 4 nitrogen and oxygen atoms in total. The quantitative estimate of drug-likeness (QED) is 0.494. The van der Waals surface area contributed by atoms with Crippen LogP contribution in [0.1, 0.15) is 0 Å². The molecule has 0 bridgehead atoms. The van der Waals surface area contributed by atoms with Crippen molar-refractivity contribution in [3.63, 3.8) is 0 Å². The maximum atomic E-state index is 12.5. The van der Waals surface area contributed by atoms with Gasteiger partial charge in [-0.15, -0.1) is 0 Å². The third-order valence-electron chi connectivity index (χ3n) is 1.86. The van der Waals surface area contributed by atoms with Crippen LogP contribution in [0, 0.1) is 0 Å². The van der Waals surface area contributed by atoms with E-state index in [0.29, 0.717) is 7.11 Å². The van der Waals surface area contributed by atoms with Crippen LogP contribution in [-0.2, 0) is 18.1 Å². The SMILES string of the molecule is COP(=O)(OCC(F)(F)C(F)(F)F)OCC(F)(F)C(F)(F)F. The van der Waals surface area contributed by atoms with Gasteiger partial charge >= 0.3 is 32.0 Å². The molecule has 134 valence electrons. The summed E-state index contributed by atoms with van der Waals surface area (Å²) in [5.41, 5.74) is 0. The van der Waals surface area contributed by atoms with E-state index in [2.05, 4.69) is 13.6 Å². The van der Waals surface area contributed by atoms with Crippen molar-refractivity contribution in [2.75, 3.05) is 20.3 Å². The lowest BCUT2D eigenvalue weighted by Crippen LogP contribution is -2.41. The second-order valence-electron chi connectivity index (χ2n) is 3.58. The highest BCUT2D eigenvalue weighted by molar-refractivity contribution is 7.48. The summed E-state index contributed by atoms with van der Waals surface area (Å²) in [6.07, 6.45) is -12.3. The molecule has 0 aliphatic heterocycles. The summed E-state index contributed by atoms with van der Waals surface area (Å²) in [7, 11) is -5.17. The van der Waals surface area contributed by atoms with Gasteiger partial charge in [0.2, 0.25) is 0 Å². The third-order valence-corrected chi connectivity index (χ3v) is 3.20. The molecule has 0 heterocycles. The van der Waals surface area contributed by atoms with Gasteiger partial charge < -0.3 is 0 Å². The minimum absolute atomic E-state index is 0.318. The summed E-state index contributed by atoms with van der Waals surface area (Å²) in [6.45, 7) is -5.33. The fourth-order valence-corrected chi connectivity index (χ4v) is 1.55. The molecule has 0 rings (SSSR count). The summed E-state index contributed by atoms with van der Waals surface area (Å²) in [5.74, 6) is -11.1. The van der Waals surface area contributed by atoms with Crippen LogP contribution in [0.4, 0.5) is 43.9 Å². The topological polar surface area (TPSA) is 44.8 Å². The Morgan fingerprint density at radius 3 is 1.18 bits per heavy atom. The lowest BCUT2D eigenvalue weighted by Gasteiger charge is -2.24. The van der Waals surface area contributed by atoms with Gasteiger partial charge in [-0.25, -0.2) is 4.57 Å². The van der Waals surface area contributed by atoms with Gasteiger partial charge in [0.05, 0.1) is 0 Å². The molecule has 0 fully saturated rings. The number of phosphoric acid groups is 1. The minimum Gasteiger partial charge on any atom is -0.290 e. The maximum absolute atomic E-state index is 12.5. The number of hydrogen-bond acceptors (Lipinski definition) is 4. The summed E-state index contributed by atoms with van der Waals surface area (Å²) >= 11 is 0. The van der Waals surface area contributed by atoms with E-state index in [-0.39, 0.29) is 0 Å². The molecular formula is C7H7F10O4P. The second kappa shape index (κ2) is 6.49. The standard InChI is InChI=1S/C7H7F10O4P/c1-19-22(18,20-2-4(8,9)6(12,13)14)21-3-5(10,11)7(15,16)17/h2-3H2,1H3. The predicted molar refractivity (Wildman–Crippen MR) is 48.5 cm³/mol. The molecule has 0 N–H and O–H groups in total. The fraction of sp³-hybridized carbons (Fsp3) is 1.00. The molecule has 0 aromatic rings. The van der Waals surface area contributed by atoms with Gasteiger partial charge in [0, 0.05) is 7.11 Å². The first kappa shape index (κ1) is 21.4. The van der Waals surface area contributed by atoms with Crippen LogP contribution in [0.5, 0.6) is 0 Å². The molecule has 0 aliphatic carbocycles. The van der Waals surface area contributed by atoms with E-state index in [0.717, 1.165) is 0 Å². The van der Waals surface area contributed by atoms with Crippen molar-refractivity contribution in [2.45, 2.75) is 24.2 Å². The van der Waals surface area contributed by atoms with Crippen molar-refractivity contribution in [3.05, 3.63) is 0 Å². The number of hydrogen-bond donors (Lipinski definition) is 0. The summed E-state index contributed by atoms with van der Waals surface area (Å²) < 4.78 is 142. The molecule has 15 heteroatoms. The lowest BCUT2D eigenvalue weighted by atomic mass is 10.3. The molecule has 0 saturated carbocycles. The Bertz CT molecular complexity index is 382. The monoisotopic (exact) mass is 376 g/mol.